The third kappa shape index (κ3) is 1.80. The Morgan fingerprint density at radius 3 is 2.55 bits per heavy atom. The Morgan fingerprint density at radius 2 is 1.85 bits per heavy atom. The van der Waals surface area contributed by atoms with E-state index in [1.165, 1.54) is 0 Å². The summed E-state index contributed by atoms with van der Waals surface area (Å²) in [5.74, 6) is -3.91. The monoisotopic (exact) mass is 278 g/mol. The van der Waals surface area contributed by atoms with Gasteiger partial charge < -0.3 is 9.72 Å². The number of imidazole rings is 1. The second-order valence-corrected chi connectivity index (χ2v) is 4.17. The first-order valence-electron chi connectivity index (χ1n) is 5.78. The molecule has 0 aliphatic carbocycles. The number of hydrogen-bond donors (Lipinski definition) is 1. The third-order valence-corrected chi connectivity index (χ3v) is 2.96. The summed E-state index contributed by atoms with van der Waals surface area (Å²) in [6.45, 7) is 0. The van der Waals surface area contributed by atoms with Gasteiger partial charge in [-0.25, -0.2) is 18.2 Å². The van der Waals surface area contributed by atoms with E-state index < -0.39 is 28.8 Å². The highest BCUT2D eigenvalue weighted by atomic mass is 19.1. The average molecular weight is 278 g/mol. The summed E-state index contributed by atoms with van der Waals surface area (Å²) in [6.07, 6.45) is 0. The third-order valence-electron chi connectivity index (χ3n) is 2.96. The standard InChI is InChI=1S/C14H9F3N2O/c1-20-13-8(16)6-7(15)11(12(13)17)14-18-9-4-2-3-5-10(9)19-14/h2-6H,1H3,(H,18,19). The second-order valence-electron chi connectivity index (χ2n) is 4.17. The topological polar surface area (TPSA) is 37.9 Å². The van der Waals surface area contributed by atoms with Crippen molar-refractivity contribution in [1.29, 1.82) is 0 Å². The van der Waals surface area contributed by atoms with E-state index in [1.807, 2.05) is 0 Å². The highest BCUT2D eigenvalue weighted by molar-refractivity contribution is 5.79. The van der Waals surface area contributed by atoms with Crippen LogP contribution >= 0.6 is 0 Å². The lowest BCUT2D eigenvalue weighted by atomic mass is 10.1. The molecular weight excluding hydrogens is 269 g/mol. The first-order chi connectivity index (χ1) is 9.61. The van der Waals surface area contributed by atoms with Crippen molar-refractivity contribution in [2.45, 2.75) is 0 Å². The van der Waals surface area contributed by atoms with Crippen molar-refractivity contribution in [2.75, 3.05) is 7.11 Å². The summed E-state index contributed by atoms with van der Waals surface area (Å²) in [4.78, 5) is 6.89. The highest BCUT2D eigenvalue weighted by Gasteiger charge is 2.23. The fourth-order valence-corrected chi connectivity index (χ4v) is 2.05. The van der Waals surface area contributed by atoms with Gasteiger partial charge in [0.1, 0.15) is 11.6 Å². The molecule has 0 saturated carbocycles. The first-order valence-corrected chi connectivity index (χ1v) is 5.78. The van der Waals surface area contributed by atoms with E-state index in [0.29, 0.717) is 17.1 Å². The lowest BCUT2D eigenvalue weighted by molar-refractivity contribution is 0.357. The minimum atomic E-state index is -1.12. The molecule has 0 saturated heterocycles. The van der Waals surface area contributed by atoms with Crippen LogP contribution in [-0.4, -0.2) is 17.1 Å². The lowest BCUT2D eigenvalue weighted by Gasteiger charge is -2.08. The van der Waals surface area contributed by atoms with Gasteiger partial charge in [0.15, 0.2) is 17.4 Å². The molecule has 0 aliphatic heterocycles. The summed E-state index contributed by atoms with van der Waals surface area (Å²) in [7, 11) is 1.11. The van der Waals surface area contributed by atoms with Crippen LogP contribution in [0.25, 0.3) is 22.4 Å². The number of benzene rings is 2. The zero-order valence-corrected chi connectivity index (χ0v) is 10.4. The van der Waals surface area contributed by atoms with Gasteiger partial charge >= 0.3 is 0 Å². The Bertz CT molecular complexity index is 765. The minimum absolute atomic E-state index is 0.0144. The van der Waals surface area contributed by atoms with Gasteiger partial charge in [-0.2, -0.15) is 0 Å². The molecule has 0 atom stereocenters. The molecule has 0 spiro atoms. The van der Waals surface area contributed by atoms with Crippen molar-refractivity contribution in [2.24, 2.45) is 0 Å². The van der Waals surface area contributed by atoms with Crippen LogP contribution < -0.4 is 4.74 Å². The van der Waals surface area contributed by atoms with Gasteiger partial charge in [0, 0.05) is 6.07 Å². The number of nitrogens with zero attached hydrogens (tertiary/aromatic N) is 1. The van der Waals surface area contributed by atoms with Gasteiger partial charge in [-0.1, -0.05) is 12.1 Å². The normalized spacial score (nSPS) is 11.0. The number of ether oxygens (including phenoxy) is 1. The molecule has 0 amide bonds. The highest BCUT2D eigenvalue weighted by Crippen LogP contribution is 2.33. The van der Waals surface area contributed by atoms with Crippen LogP contribution in [0.4, 0.5) is 13.2 Å². The molecule has 102 valence electrons. The number of methoxy groups -OCH3 is 1. The first kappa shape index (κ1) is 12.5. The Morgan fingerprint density at radius 1 is 1.10 bits per heavy atom. The van der Waals surface area contributed by atoms with Gasteiger partial charge in [-0.3, -0.25) is 0 Å². The molecule has 3 aromatic rings. The molecule has 0 bridgehead atoms. The Balaban J connectivity index is 2.28. The lowest BCUT2D eigenvalue weighted by Crippen LogP contribution is -1.99. The van der Waals surface area contributed by atoms with E-state index in [2.05, 4.69) is 14.7 Å². The van der Waals surface area contributed by atoms with Crippen molar-refractivity contribution in [3.05, 3.63) is 47.8 Å². The van der Waals surface area contributed by atoms with Gasteiger partial charge in [0.25, 0.3) is 0 Å². The van der Waals surface area contributed by atoms with E-state index in [-0.39, 0.29) is 5.82 Å². The molecule has 0 aliphatic rings. The summed E-state index contributed by atoms with van der Waals surface area (Å²) >= 11 is 0. The van der Waals surface area contributed by atoms with Crippen molar-refractivity contribution in [3.8, 4) is 17.1 Å². The van der Waals surface area contributed by atoms with Gasteiger partial charge in [0.2, 0.25) is 0 Å². The number of rotatable bonds is 2. The van der Waals surface area contributed by atoms with Crippen LogP contribution in [0.15, 0.2) is 30.3 Å². The summed E-state index contributed by atoms with van der Waals surface area (Å²) in [5.41, 5.74) is 0.744. The molecule has 3 nitrogen and oxygen atoms in total. The smallest absolute Gasteiger partial charge is 0.191 e. The number of aromatic nitrogens is 2. The second kappa shape index (κ2) is 4.56. The van der Waals surface area contributed by atoms with Crippen molar-refractivity contribution in [1.82, 2.24) is 9.97 Å². The van der Waals surface area contributed by atoms with Gasteiger partial charge in [0.05, 0.1) is 23.7 Å². The fourth-order valence-electron chi connectivity index (χ4n) is 2.05. The van der Waals surface area contributed by atoms with Gasteiger partial charge in [-0.15, -0.1) is 0 Å². The Labute approximate surface area is 112 Å². The largest absolute Gasteiger partial charge is 0.491 e. The number of hydrogen-bond acceptors (Lipinski definition) is 2. The molecule has 1 N–H and O–H groups in total. The van der Waals surface area contributed by atoms with Crippen LogP contribution in [0.1, 0.15) is 0 Å². The molecule has 1 heterocycles. The zero-order valence-electron chi connectivity index (χ0n) is 10.4. The Kier molecular flexibility index (Phi) is 2.85. The fraction of sp³-hybridized carbons (Fsp3) is 0.0714. The van der Waals surface area contributed by atoms with Crippen LogP contribution in [0.3, 0.4) is 0 Å². The van der Waals surface area contributed by atoms with Crippen molar-refractivity contribution in [3.63, 3.8) is 0 Å². The van der Waals surface area contributed by atoms with Crippen LogP contribution in [0.2, 0.25) is 0 Å². The molecule has 6 heteroatoms. The summed E-state index contributed by atoms with van der Waals surface area (Å²) < 4.78 is 46.0. The van der Waals surface area contributed by atoms with E-state index in [9.17, 15) is 13.2 Å². The number of H-pyrrole nitrogens is 1. The molecule has 2 aromatic carbocycles. The zero-order chi connectivity index (χ0) is 14.3. The molecule has 0 fully saturated rings. The Hall–Kier alpha value is -2.50. The SMILES string of the molecule is COc1c(F)cc(F)c(-c2nc3ccccc3[nH]2)c1F. The van der Waals surface area contributed by atoms with E-state index in [1.54, 1.807) is 24.3 Å². The van der Waals surface area contributed by atoms with E-state index >= 15 is 0 Å². The maximum atomic E-state index is 14.1. The van der Waals surface area contributed by atoms with Crippen molar-refractivity contribution < 1.29 is 17.9 Å². The summed E-state index contributed by atoms with van der Waals surface area (Å²) in [6, 6.07) is 7.52. The molecule has 3 rings (SSSR count). The maximum absolute atomic E-state index is 14.1. The van der Waals surface area contributed by atoms with Crippen LogP contribution in [0.5, 0.6) is 5.75 Å². The molecule has 1 aromatic heterocycles. The predicted molar refractivity (Wildman–Crippen MR) is 68.0 cm³/mol. The number of fused-ring (bicyclic) bond motifs is 1. The number of aromatic amines is 1. The average Bonchev–Trinajstić information content (AvgIpc) is 2.81. The molecule has 0 radical (unpaired) electrons. The number of halogens is 3. The van der Waals surface area contributed by atoms with Crippen LogP contribution in [-0.2, 0) is 0 Å². The number of para-hydroxylation sites is 2. The van der Waals surface area contributed by atoms with Crippen molar-refractivity contribution >= 4 is 11.0 Å². The maximum Gasteiger partial charge on any atom is 0.191 e. The number of nitrogens with one attached hydrogen (secondary N) is 1. The van der Waals surface area contributed by atoms with E-state index in [0.717, 1.165) is 7.11 Å². The molecular formula is C14H9F3N2O. The van der Waals surface area contributed by atoms with Gasteiger partial charge in [-0.05, 0) is 12.1 Å². The quantitative estimate of drug-likeness (QED) is 0.777. The minimum Gasteiger partial charge on any atom is -0.491 e. The van der Waals surface area contributed by atoms with E-state index in [4.69, 9.17) is 0 Å². The van der Waals surface area contributed by atoms with Crippen LogP contribution in [0, 0.1) is 17.5 Å². The molecule has 20 heavy (non-hydrogen) atoms. The summed E-state index contributed by atoms with van der Waals surface area (Å²) in [5, 5.41) is 0. The molecule has 0 unspecified atom stereocenters. The predicted octanol–water partition coefficient (Wildman–Crippen LogP) is 3.66.